The van der Waals surface area contributed by atoms with Crippen molar-refractivity contribution in [3.05, 3.63) is 35.1 Å². The van der Waals surface area contributed by atoms with Gasteiger partial charge in [-0.3, -0.25) is 4.84 Å². The molecule has 0 heterocycles. The molecular weight excluding hydrogens is 202 g/mol. The van der Waals surface area contributed by atoms with Crippen LogP contribution in [0, 0.1) is 5.82 Å². The van der Waals surface area contributed by atoms with E-state index in [1.54, 1.807) is 0 Å². The second kappa shape index (κ2) is 3.93. The SMILES string of the molecule is NOCc1ccc(C(F)(F)F)c(F)c1. The zero-order valence-electron chi connectivity index (χ0n) is 6.94. The number of rotatable bonds is 2. The highest BCUT2D eigenvalue weighted by atomic mass is 19.4. The lowest BCUT2D eigenvalue weighted by Gasteiger charge is -2.08. The van der Waals surface area contributed by atoms with Crippen LogP contribution in [-0.2, 0) is 17.6 Å². The largest absolute Gasteiger partial charge is 0.419 e. The zero-order valence-corrected chi connectivity index (χ0v) is 6.94. The standard InChI is InChI=1S/C8H7F4NO/c9-7-3-5(4-14-13)1-2-6(7)8(10,11)12/h1-3H,4,13H2. The van der Waals surface area contributed by atoms with E-state index in [-0.39, 0.29) is 12.2 Å². The van der Waals surface area contributed by atoms with Gasteiger partial charge >= 0.3 is 6.18 Å². The van der Waals surface area contributed by atoms with Crippen LogP contribution in [-0.4, -0.2) is 0 Å². The minimum atomic E-state index is -4.67. The van der Waals surface area contributed by atoms with Crippen LogP contribution in [0.25, 0.3) is 0 Å². The van der Waals surface area contributed by atoms with Crippen LogP contribution >= 0.6 is 0 Å². The van der Waals surface area contributed by atoms with Gasteiger partial charge in [-0.15, -0.1) is 0 Å². The van der Waals surface area contributed by atoms with Gasteiger partial charge in [0.25, 0.3) is 0 Å². The molecule has 14 heavy (non-hydrogen) atoms. The Hall–Kier alpha value is -1.14. The van der Waals surface area contributed by atoms with Gasteiger partial charge in [-0.2, -0.15) is 13.2 Å². The minimum absolute atomic E-state index is 0.130. The zero-order chi connectivity index (χ0) is 10.8. The highest BCUT2D eigenvalue weighted by molar-refractivity contribution is 5.26. The topological polar surface area (TPSA) is 35.2 Å². The molecule has 0 bridgehead atoms. The monoisotopic (exact) mass is 209 g/mol. The molecule has 0 saturated heterocycles. The molecule has 0 aromatic heterocycles. The van der Waals surface area contributed by atoms with Gasteiger partial charge < -0.3 is 0 Å². The van der Waals surface area contributed by atoms with E-state index in [2.05, 4.69) is 10.7 Å². The Kier molecular flexibility index (Phi) is 3.07. The average Bonchev–Trinajstić information content (AvgIpc) is 2.02. The third-order valence-electron chi connectivity index (χ3n) is 1.59. The van der Waals surface area contributed by atoms with E-state index in [9.17, 15) is 17.6 Å². The Bertz CT molecular complexity index is 324. The first-order chi connectivity index (χ1) is 6.45. The van der Waals surface area contributed by atoms with Crippen LogP contribution in [0.1, 0.15) is 11.1 Å². The highest BCUT2D eigenvalue weighted by Gasteiger charge is 2.33. The predicted octanol–water partition coefficient (Wildman–Crippen LogP) is 2.23. The Morgan fingerprint density at radius 3 is 2.36 bits per heavy atom. The van der Waals surface area contributed by atoms with Crippen molar-refractivity contribution in [1.82, 2.24) is 0 Å². The Morgan fingerprint density at radius 2 is 1.93 bits per heavy atom. The van der Waals surface area contributed by atoms with Crippen LogP contribution in [0.5, 0.6) is 0 Å². The lowest BCUT2D eigenvalue weighted by atomic mass is 10.1. The fourth-order valence-corrected chi connectivity index (χ4v) is 0.975. The number of hydrogen-bond donors (Lipinski definition) is 1. The van der Waals surface area contributed by atoms with Crippen LogP contribution in [0.15, 0.2) is 18.2 Å². The molecule has 2 nitrogen and oxygen atoms in total. The second-order valence-electron chi connectivity index (χ2n) is 2.62. The van der Waals surface area contributed by atoms with Crippen molar-refractivity contribution in [3.8, 4) is 0 Å². The first-order valence-corrected chi connectivity index (χ1v) is 3.62. The third kappa shape index (κ3) is 2.43. The summed E-state index contributed by atoms with van der Waals surface area (Å²) in [5.41, 5.74) is -1.05. The summed E-state index contributed by atoms with van der Waals surface area (Å²) >= 11 is 0. The summed E-state index contributed by atoms with van der Waals surface area (Å²) in [4.78, 5) is 4.16. The molecule has 0 fully saturated rings. The lowest BCUT2D eigenvalue weighted by molar-refractivity contribution is -0.140. The van der Waals surface area contributed by atoms with Gasteiger partial charge in [-0.25, -0.2) is 10.3 Å². The summed E-state index contributed by atoms with van der Waals surface area (Å²) in [6.45, 7) is -0.130. The number of alkyl halides is 3. The highest BCUT2D eigenvalue weighted by Crippen LogP contribution is 2.31. The smallest absolute Gasteiger partial charge is 0.300 e. The summed E-state index contributed by atoms with van der Waals surface area (Å²) in [6, 6.07) is 2.51. The summed E-state index contributed by atoms with van der Waals surface area (Å²) < 4.78 is 49.1. The van der Waals surface area contributed by atoms with Crippen molar-refractivity contribution in [2.45, 2.75) is 12.8 Å². The molecular formula is C8H7F4NO. The predicted molar refractivity (Wildman–Crippen MR) is 40.4 cm³/mol. The molecule has 6 heteroatoms. The van der Waals surface area contributed by atoms with E-state index in [0.29, 0.717) is 6.07 Å². The number of hydrogen-bond acceptors (Lipinski definition) is 2. The third-order valence-corrected chi connectivity index (χ3v) is 1.59. The molecule has 1 aromatic carbocycles. The van der Waals surface area contributed by atoms with E-state index < -0.39 is 17.6 Å². The molecule has 2 N–H and O–H groups in total. The average molecular weight is 209 g/mol. The molecule has 78 valence electrons. The molecule has 0 spiro atoms. The van der Waals surface area contributed by atoms with Gasteiger partial charge in [-0.1, -0.05) is 6.07 Å². The molecule has 0 amide bonds. The molecule has 0 saturated carbocycles. The van der Waals surface area contributed by atoms with Crippen LogP contribution < -0.4 is 5.90 Å². The number of halogens is 4. The fourth-order valence-electron chi connectivity index (χ4n) is 0.975. The van der Waals surface area contributed by atoms with Crippen LogP contribution in [0.4, 0.5) is 17.6 Å². The molecule has 0 aliphatic rings. The number of benzene rings is 1. The van der Waals surface area contributed by atoms with Crippen molar-refractivity contribution in [2.24, 2.45) is 5.90 Å². The van der Waals surface area contributed by atoms with E-state index in [0.717, 1.165) is 12.1 Å². The van der Waals surface area contributed by atoms with Gasteiger partial charge in [0.2, 0.25) is 0 Å². The van der Waals surface area contributed by atoms with Gasteiger partial charge in [0.1, 0.15) is 5.82 Å². The van der Waals surface area contributed by atoms with Gasteiger partial charge in [0, 0.05) is 0 Å². The number of nitrogens with two attached hydrogens (primary N) is 1. The van der Waals surface area contributed by atoms with Crippen molar-refractivity contribution >= 4 is 0 Å². The molecule has 0 radical (unpaired) electrons. The van der Waals surface area contributed by atoms with Crippen molar-refractivity contribution < 1.29 is 22.4 Å². The van der Waals surface area contributed by atoms with Gasteiger partial charge in [-0.05, 0) is 17.7 Å². The molecule has 1 aromatic rings. The Morgan fingerprint density at radius 1 is 1.29 bits per heavy atom. The van der Waals surface area contributed by atoms with Crippen molar-refractivity contribution in [2.75, 3.05) is 0 Å². The molecule has 0 unspecified atom stereocenters. The van der Waals surface area contributed by atoms with E-state index in [4.69, 9.17) is 0 Å². The van der Waals surface area contributed by atoms with Gasteiger partial charge in [0.05, 0.1) is 12.2 Å². The summed E-state index contributed by atoms with van der Waals surface area (Å²) in [5.74, 6) is 3.36. The maximum Gasteiger partial charge on any atom is 0.419 e. The molecule has 1 rings (SSSR count). The second-order valence-corrected chi connectivity index (χ2v) is 2.62. The van der Waals surface area contributed by atoms with E-state index >= 15 is 0 Å². The first-order valence-electron chi connectivity index (χ1n) is 3.62. The van der Waals surface area contributed by atoms with E-state index in [1.165, 1.54) is 0 Å². The van der Waals surface area contributed by atoms with Crippen molar-refractivity contribution in [1.29, 1.82) is 0 Å². The first kappa shape index (κ1) is 10.9. The lowest BCUT2D eigenvalue weighted by Crippen LogP contribution is -2.09. The normalized spacial score (nSPS) is 11.8. The van der Waals surface area contributed by atoms with Crippen molar-refractivity contribution in [3.63, 3.8) is 0 Å². The quantitative estimate of drug-likeness (QED) is 0.598. The van der Waals surface area contributed by atoms with Crippen LogP contribution in [0.3, 0.4) is 0 Å². The summed E-state index contributed by atoms with van der Waals surface area (Å²) in [7, 11) is 0. The van der Waals surface area contributed by atoms with E-state index in [1.807, 2.05) is 0 Å². The Balaban J connectivity index is 3.02. The summed E-state index contributed by atoms with van der Waals surface area (Å²) in [6.07, 6.45) is -4.67. The van der Waals surface area contributed by atoms with Crippen LogP contribution in [0.2, 0.25) is 0 Å². The summed E-state index contributed by atoms with van der Waals surface area (Å²) in [5, 5.41) is 0. The molecule has 0 aliphatic heterocycles. The van der Waals surface area contributed by atoms with Gasteiger partial charge in [0.15, 0.2) is 0 Å². The molecule has 0 aliphatic carbocycles. The molecule has 0 atom stereocenters. The minimum Gasteiger partial charge on any atom is -0.300 e. The maximum atomic E-state index is 12.9. The fraction of sp³-hybridized carbons (Fsp3) is 0.250. The Labute approximate surface area is 77.2 Å². The maximum absolute atomic E-state index is 12.9.